The minimum absolute atomic E-state index is 0.0526. The second-order valence-corrected chi connectivity index (χ2v) is 10.3. The van der Waals surface area contributed by atoms with Crippen LogP contribution >= 0.6 is 0 Å². The molecule has 36 heavy (non-hydrogen) atoms. The lowest BCUT2D eigenvalue weighted by Gasteiger charge is -2.29. The molecule has 10 nitrogen and oxygen atoms in total. The second kappa shape index (κ2) is 13.5. The molecule has 2 unspecified atom stereocenters. The Balaban J connectivity index is 1.70. The minimum atomic E-state index is -4.12. The van der Waals surface area contributed by atoms with E-state index in [4.69, 9.17) is 4.74 Å². The number of carbonyl (C=O) groups is 2. The number of benzene rings is 2. The Hall–Kier alpha value is -2.77. The van der Waals surface area contributed by atoms with E-state index >= 15 is 0 Å². The highest BCUT2D eigenvalue weighted by molar-refractivity contribution is 7.89. The molecule has 2 aromatic carbocycles. The number of ether oxygens (including phenoxy) is 1. The smallest absolute Gasteiger partial charge is 0.426 e. The van der Waals surface area contributed by atoms with Crippen molar-refractivity contribution < 1.29 is 32.8 Å². The Kier molecular flexibility index (Phi) is 10.4. The first kappa shape index (κ1) is 27.8. The second-order valence-electron chi connectivity index (χ2n) is 8.59. The summed E-state index contributed by atoms with van der Waals surface area (Å²) in [6.45, 7) is 1.41. The van der Waals surface area contributed by atoms with Crippen LogP contribution in [0, 0.1) is 0 Å². The van der Waals surface area contributed by atoms with Crippen LogP contribution in [0.3, 0.4) is 0 Å². The van der Waals surface area contributed by atoms with Crippen molar-refractivity contribution in [2.75, 3.05) is 26.3 Å². The molecule has 0 aromatic heterocycles. The van der Waals surface area contributed by atoms with Crippen LogP contribution in [0.25, 0.3) is 0 Å². The van der Waals surface area contributed by atoms with Crippen molar-refractivity contribution in [1.29, 1.82) is 0 Å². The van der Waals surface area contributed by atoms with Crippen LogP contribution in [0.2, 0.25) is 0 Å². The number of amides is 2. The summed E-state index contributed by atoms with van der Waals surface area (Å²) >= 11 is 0. The Bertz CT molecular complexity index is 1080. The average Bonchev–Trinajstić information content (AvgIpc) is 2.89. The van der Waals surface area contributed by atoms with Crippen molar-refractivity contribution in [3.05, 3.63) is 66.2 Å². The van der Waals surface area contributed by atoms with E-state index in [1.54, 1.807) is 18.2 Å². The molecule has 2 atom stereocenters. The topological polar surface area (TPSA) is 145 Å². The molecule has 0 spiro atoms. The number of hydrogen-bond donors (Lipinski definition) is 4. The summed E-state index contributed by atoms with van der Waals surface area (Å²) in [7, 11) is -5.98. The standard InChI is InChI=1S/C24H32BN3O7S/c29-23(28-14-16-35-17-15-28)18-21(27-36(33,34)20-11-5-2-6-12-20)24(30)26-22(25(31)32)13-7-10-19-8-3-1-4-9-19/h1-6,8-9,11-12,21-22,27,31-32H,7,10,13-18H2,(H,26,30). The van der Waals surface area contributed by atoms with E-state index in [1.807, 2.05) is 30.3 Å². The molecule has 0 radical (unpaired) electrons. The molecular weight excluding hydrogens is 485 g/mol. The van der Waals surface area contributed by atoms with Crippen LogP contribution in [0.5, 0.6) is 0 Å². The largest absolute Gasteiger partial charge is 0.475 e. The van der Waals surface area contributed by atoms with Gasteiger partial charge in [-0.2, -0.15) is 4.72 Å². The zero-order chi connectivity index (χ0) is 26.0. The number of morpholine rings is 1. The van der Waals surface area contributed by atoms with Crippen LogP contribution in [-0.2, 0) is 30.8 Å². The summed E-state index contributed by atoms with van der Waals surface area (Å²) in [5.41, 5.74) is 1.07. The van der Waals surface area contributed by atoms with Gasteiger partial charge in [-0.1, -0.05) is 48.5 Å². The van der Waals surface area contributed by atoms with Crippen LogP contribution in [0.4, 0.5) is 0 Å². The minimum Gasteiger partial charge on any atom is -0.426 e. The van der Waals surface area contributed by atoms with Gasteiger partial charge in [-0.15, -0.1) is 0 Å². The van der Waals surface area contributed by atoms with Crippen LogP contribution in [0.1, 0.15) is 24.8 Å². The first-order valence-electron chi connectivity index (χ1n) is 11.9. The molecule has 1 fully saturated rings. The third-order valence-corrected chi connectivity index (χ3v) is 7.41. The van der Waals surface area contributed by atoms with Crippen LogP contribution in [0.15, 0.2) is 65.6 Å². The number of rotatable bonds is 12. The number of aryl methyl sites for hydroxylation is 1. The monoisotopic (exact) mass is 517 g/mol. The normalized spacial score (nSPS) is 15.7. The van der Waals surface area contributed by atoms with Gasteiger partial charge in [0, 0.05) is 13.1 Å². The van der Waals surface area contributed by atoms with Crippen molar-refractivity contribution in [1.82, 2.24) is 14.9 Å². The van der Waals surface area contributed by atoms with Crippen LogP contribution in [-0.4, -0.2) is 80.6 Å². The number of hydrogen-bond acceptors (Lipinski definition) is 7. The molecule has 1 aliphatic rings. The molecule has 194 valence electrons. The highest BCUT2D eigenvalue weighted by Gasteiger charge is 2.33. The van der Waals surface area contributed by atoms with Gasteiger partial charge in [-0.05, 0) is 37.0 Å². The lowest BCUT2D eigenvalue weighted by molar-refractivity contribution is -0.138. The molecule has 0 saturated carbocycles. The van der Waals surface area contributed by atoms with Crippen molar-refractivity contribution in [3.63, 3.8) is 0 Å². The van der Waals surface area contributed by atoms with E-state index in [2.05, 4.69) is 10.0 Å². The van der Waals surface area contributed by atoms with E-state index in [-0.39, 0.29) is 11.3 Å². The van der Waals surface area contributed by atoms with Gasteiger partial charge < -0.3 is 25.0 Å². The molecule has 1 aliphatic heterocycles. The predicted molar refractivity (Wildman–Crippen MR) is 134 cm³/mol. The lowest BCUT2D eigenvalue weighted by atomic mass is 9.76. The summed E-state index contributed by atoms with van der Waals surface area (Å²) in [6, 6.07) is 15.7. The number of carbonyl (C=O) groups excluding carboxylic acids is 2. The third kappa shape index (κ3) is 8.42. The van der Waals surface area contributed by atoms with Gasteiger partial charge in [-0.25, -0.2) is 8.42 Å². The average molecular weight is 517 g/mol. The van der Waals surface area contributed by atoms with Crippen LogP contribution < -0.4 is 10.0 Å². The van der Waals surface area contributed by atoms with Gasteiger partial charge in [0.05, 0.1) is 30.5 Å². The molecule has 2 aromatic rings. The number of nitrogens with one attached hydrogen (secondary N) is 2. The predicted octanol–water partition coefficient (Wildman–Crippen LogP) is 0.102. The highest BCUT2D eigenvalue weighted by atomic mass is 32.2. The maximum absolute atomic E-state index is 13.2. The first-order chi connectivity index (χ1) is 17.3. The highest BCUT2D eigenvalue weighted by Crippen LogP contribution is 2.12. The number of nitrogens with zero attached hydrogens (tertiary/aromatic N) is 1. The summed E-state index contributed by atoms with van der Waals surface area (Å²) < 4.78 is 33.4. The Morgan fingerprint density at radius 2 is 1.61 bits per heavy atom. The molecular formula is C24H32BN3O7S. The summed E-state index contributed by atoms with van der Waals surface area (Å²) in [4.78, 5) is 27.5. The van der Waals surface area contributed by atoms with E-state index < -0.39 is 47.4 Å². The zero-order valence-electron chi connectivity index (χ0n) is 20.0. The Labute approximate surface area is 211 Å². The Morgan fingerprint density at radius 3 is 2.22 bits per heavy atom. The van der Waals surface area contributed by atoms with Gasteiger partial charge in [-0.3, -0.25) is 9.59 Å². The molecule has 4 N–H and O–H groups in total. The maximum Gasteiger partial charge on any atom is 0.475 e. The van der Waals surface area contributed by atoms with Crippen molar-refractivity contribution in [3.8, 4) is 0 Å². The molecule has 12 heteroatoms. The maximum atomic E-state index is 13.2. The van der Waals surface area contributed by atoms with Gasteiger partial charge >= 0.3 is 7.12 Å². The fourth-order valence-corrected chi connectivity index (χ4v) is 5.13. The molecule has 1 saturated heterocycles. The summed E-state index contributed by atoms with van der Waals surface area (Å²) in [6.07, 6.45) is 1.04. The Morgan fingerprint density at radius 1 is 1.00 bits per heavy atom. The van der Waals surface area contributed by atoms with Crippen molar-refractivity contribution in [2.45, 2.75) is 42.6 Å². The molecule has 0 bridgehead atoms. The fourth-order valence-electron chi connectivity index (χ4n) is 3.91. The van der Waals surface area contributed by atoms with E-state index in [1.165, 1.54) is 17.0 Å². The lowest BCUT2D eigenvalue weighted by Crippen LogP contribution is -2.55. The summed E-state index contributed by atoms with van der Waals surface area (Å²) in [5.74, 6) is -2.25. The zero-order valence-corrected chi connectivity index (χ0v) is 20.8. The molecule has 2 amide bonds. The van der Waals surface area contributed by atoms with E-state index in [0.29, 0.717) is 39.1 Å². The van der Waals surface area contributed by atoms with Gasteiger partial charge in [0.25, 0.3) is 0 Å². The van der Waals surface area contributed by atoms with Gasteiger partial charge in [0.2, 0.25) is 21.8 Å². The molecule has 0 aliphatic carbocycles. The SMILES string of the molecule is O=C(NC(CCCc1ccccc1)B(O)O)C(CC(=O)N1CCOCC1)NS(=O)(=O)c1ccccc1. The van der Waals surface area contributed by atoms with Crippen molar-refractivity contribution in [2.24, 2.45) is 0 Å². The summed E-state index contributed by atoms with van der Waals surface area (Å²) in [5, 5.41) is 22.2. The first-order valence-corrected chi connectivity index (χ1v) is 13.4. The van der Waals surface area contributed by atoms with E-state index in [0.717, 1.165) is 5.56 Å². The van der Waals surface area contributed by atoms with Gasteiger partial charge in [0.1, 0.15) is 6.04 Å². The molecule has 1 heterocycles. The molecule has 3 rings (SSSR count). The van der Waals surface area contributed by atoms with E-state index in [9.17, 15) is 28.1 Å². The van der Waals surface area contributed by atoms with Gasteiger partial charge in [0.15, 0.2) is 0 Å². The quantitative estimate of drug-likeness (QED) is 0.292. The van der Waals surface area contributed by atoms with Crippen molar-refractivity contribution >= 4 is 29.0 Å². The fraction of sp³-hybridized carbons (Fsp3) is 0.417. The number of sulfonamides is 1. The third-order valence-electron chi connectivity index (χ3n) is 5.92.